The fraction of sp³-hybridized carbons (Fsp3) is 0.633. The fourth-order valence-corrected chi connectivity index (χ4v) is 4.89. The van der Waals surface area contributed by atoms with Crippen LogP contribution in [0, 0.1) is 5.92 Å². The molecule has 1 aromatic rings. The number of alkyl halides is 3. The molecular formula is C30H41Cl3N2O8. The molecule has 0 radical (unpaired) electrons. The molecule has 0 aliphatic carbocycles. The molecule has 2 aliphatic heterocycles. The Bertz CT molecular complexity index is 1210. The number of carbonyl (C=O) groups excluding carboxylic acids is 3. The van der Waals surface area contributed by atoms with Crippen LogP contribution in [-0.4, -0.2) is 93.1 Å². The highest BCUT2D eigenvalue weighted by atomic mass is 35.6. The molecule has 2 bridgehead atoms. The van der Waals surface area contributed by atoms with E-state index in [0.717, 1.165) is 5.56 Å². The second kappa shape index (κ2) is 13.7. The number of halogens is 3. The monoisotopic (exact) mass is 662 g/mol. The summed E-state index contributed by atoms with van der Waals surface area (Å²) in [5.74, 6) is -0.0446. The molecular weight excluding hydrogens is 623 g/mol. The van der Waals surface area contributed by atoms with Crippen molar-refractivity contribution in [3.05, 3.63) is 35.4 Å². The lowest BCUT2D eigenvalue weighted by atomic mass is 9.82. The van der Waals surface area contributed by atoms with Crippen LogP contribution in [0.15, 0.2) is 29.8 Å². The average Bonchev–Trinajstić information content (AvgIpc) is 2.89. The number of benzene rings is 1. The zero-order valence-corrected chi connectivity index (χ0v) is 27.9. The number of aliphatic hydroxyl groups excluding tert-OH is 1. The van der Waals surface area contributed by atoms with Crippen molar-refractivity contribution in [1.82, 2.24) is 9.80 Å². The number of esters is 1. The number of amides is 2. The fourth-order valence-electron chi connectivity index (χ4n) is 4.77. The van der Waals surface area contributed by atoms with Crippen LogP contribution in [0.3, 0.4) is 0 Å². The lowest BCUT2D eigenvalue weighted by Gasteiger charge is -2.50. The van der Waals surface area contributed by atoms with Crippen molar-refractivity contribution in [2.75, 3.05) is 32.9 Å². The summed E-state index contributed by atoms with van der Waals surface area (Å²) < 4.78 is 20.6. The highest BCUT2D eigenvalue weighted by Gasteiger charge is 2.52. The maximum atomic E-state index is 13.7. The Kier molecular flexibility index (Phi) is 11.2. The summed E-state index contributed by atoms with van der Waals surface area (Å²) in [5, 5.41) is 9.28. The van der Waals surface area contributed by atoms with Gasteiger partial charge in [0.15, 0.2) is 5.60 Å². The molecule has 0 aromatic heterocycles. The van der Waals surface area contributed by atoms with E-state index in [9.17, 15) is 19.5 Å². The second-order valence-electron chi connectivity index (χ2n) is 12.3. The van der Waals surface area contributed by atoms with Gasteiger partial charge in [0.1, 0.15) is 11.4 Å². The standard InChI is InChI=1S/C30H41Cl3N2O8/c1-8-40-25(37)24-22(19-9-11-21(12-10-19)41-17-18(2)16-36)13-20-14-34(26(38)42-28(3,4)5)15-23(24)35(20)27(39)43-29(6,7)30(31,32)33/h9-12,18,20,23,36H,8,13-17H2,1-7H3/t18-,20-,23-/m1/s1. The third-order valence-electron chi connectivity index (χ3n) is 7.08. The zero-order chi connectivity index (χ0) is 32.3. The molecule has 0 spiro atoms. The summed E-state index contributed by atoms with van der Waals surface area (Å²) in [7, 11) is 0. The highest BCUT2D eigenvalue weighted by Crippen LogP contribution is 2.43. The van der Waals surface area contributed by atoms with Crippen LogP contribution >= 0.6 is 34.8 Å². The SMILES string of the molecule is CCOC(=O)C1=C(c2ccc(OC[C@H](C)CO)cc2)C[C@@H]2CN(C(=O)OC(C)(C)C)C[C@H]1N2C(=O)OC(C)(C)C(Cl)(Cl)Cl. The van der Waals surface area contributed by atoms with Crippen LogP contribution in [0.5, 0.6) is 5.75 Å². The zero-order valence-electron chi connectivity index (χ0n) is 25.6. The molecule has 1 aromatic carbocycles. The Morgan fingerprint density at radius 2 is 1.63 bits per heavy atom. The molecule has 2 aliphatic rings. The number of piperazine rings is 1. The van der Waals surface area contributed by atoms with Gasteiger partial charge in [0.05, 0.1) is 30.9 Å². The van der Waals surface area contributed by atoms with E-state index in [1.807, 2.05) is 19.1 Å². The van der Waals surface area contributed by atoms with Crippen LogP contribution in [-0.2, 0) is 19.0 Å². The van der Waals surface area contributed by atoms with Crippen LogP contribution < -0.4 is 4.74 Å². The topological polar surface area (TPSA) is 115 Å². The van der Waals surface area contributed by atoms with E-state index < -0.39 is 45.2 Å². The van der Waals surface area contributed by atoms with Crippen molar-refractivity contribution in [3.8, 4) is 5.75 Å². The van der Waals surface area contributed by atoms with Crippen molar-refractivity contribution < 1.29 is 38.4 Å². The van der Waals surface area contributed by atoms with Gasteiger partial charge < -0.3 is 29.0 Å². The van der Waals surface area contributed by atoms with E-state index in [1.165, 1.54) is 23.6 Å². The number of nitrogens with zero attached hydrogens (tertiary/aromatic N) is 2. The van der Waals surface area contributed by atoms with Gasteiger partial charge >= 0.3 is 18.2 Å². The maximum Gasteiger partial charge on any atom is 0.411 e. The van der Waals surface area contributed by atoms with Gasteiger partial charge in [0.25, 0.3) is 0 Å². The third kappa shape index (κ3) is 8.62. The van der Waals surface area contributed by atoms with E-state index in [1.54, 1.807) is 39.8 Å². The average molecular weight is 664 g/mol. The Morgan fingerprint density at radius 1 is 1.00 bits per heavy atom. The molecule has 2 amide bonds. The van der Waals surface area contributed by atoms with Gasteiger partial charge in [-0.25, -0.2) is 14.4 Å². The first-order chi connectivity index (χ1) is 19.9. The second-order valence-corrected chi connectivity index (χ2v) is 14.6. The van der Waals surface area contributed by atoms with Crippen molar-refractivity contribution >= 4 is 58.5 Å². The molecule has 3 rings (SSSR count). The largest absolute Gasteiger partial charge is 0.493 e. The van der Waals surface area contributed by atoms with Crippen LogP contribution in [0.1, 0.15) is 60.5 Å². The van der Waals surface area contributed by atoms with E-state index in [-0.39, 0.29) is 44.2 Å². The predicted molar refractivity (Wildman–Crippen MR) is 164 cm³/mol. The Morgan fingerprint density at radius 3 is 2.16 bits per heavy atom. The van der Waals surface area contributed by atoms with E-state index in [0.29, 0.717) is 17.9 Å². The number of rotatable bonds is 8. The number of hydrogen-bond donors (Lipinski definition) is 1. The predicted octanol–water partition coefficient (Wildman–Crippen LogP) is 5.99. The molecule has 1 fully saturated rings. The minimum absolute atomic E-state index is 0.00867. The third-order valence-corrected chi connectivity index (χ3v) is 8.45. The molecule has 1 N–H and O–H groups in total. The lowest BCUT2D eigenvalue weighted by molar-refractivity contribution is -0.140. The van der Waals surface area contributed by atoms with Gasteiger partial charge in [-0.05, 0) is 71.2 Å². The minimum Gasteiger partial charge on any atom is -0.493 e. The van der Waals surface area contributed by atoms with Crippen molar-refractivity contribution in [2.24, 2.45) is 5.92 Å². The molecule has 13 heteroatoms. The first kappa shape index (κ1) is 35.1. The highest BCUT2D eigenvalue weighted by molar-refractivity contribution is 6.68. The van der Waals surface area contributed by atoms with Gasteiger partial charge in [-0.2, -0.15) is 0 Å². The lowest BCUT2D eigenvalue weighted by Crippen LogP contribution is -2.66. The van der Waals surface area contributed by atoms with Crippen molar-refractivity contribution in [2.45, 2.75) is 82.0 Å². The first-order valence-electron chi connectivity index (χ1n) is 14.2. The Hall–Kier alpha value is -2.40. The summed E-state index contributed by atoms with van der Waals surface area (Å²) in [6, 6.07) is 5.68. The molecule has 10 nitrogen and oxygen atoms in total. The molecule has 1 saturated heterocycles. The number of carbonyl (C=O) groups is 3. The Balaban J connectivity index is 2.08. The summed E-state index contributed by atoms with van der Waals surface area (Å²) in [5.41, 5.74) is -0.623. The number of ether oxygens (including phenoxy) is 4. The van der Waals surface area contributed by atoms with Gasteiger partial charge in [-0.3, -0.25) is 4.90 Å². The van der Waals surface area contributed by atoms with Crippen LogP contribution in [0.4, 0.5) is 9.59 Å². The van der Waals surface area contributed by atoms with Crippen LogP contribution in [0.25, 0.3) is 5.57 Å². The van der Waals surface area contributed by atoms with Gasteiger partial charge in [0.2, 0.25) is 3.79 Å². The van der Waals surface area contributed by atoms with Crippen LogP contribution in [0.2, 0.25) is 0 Å². The van der Waals surface area contributed by atoms with E-state index in [4.69, 9.17) is 53.8 Å². The van der Waals surface area contributed by atoms with E-state index in [2.05, 4.69) is 0 Å². The Labute approximate surface area is 268 Å². The van der Waals surface area contributed by atoms with Gasteiger partial charge in [0, 0.05) is 25.6 Å². The summed E-state index contributed by atoms with van der Waals surface area (Å²) in [6.45, 7) is 12.3. The summed E-state index contributed by atoms with van der Waals surface area (Å²) in [4.78, 5) is 43.4. The summed E-state index contributed by atoms with van der Waals surface area (Å²) in [6.07, 6.45) is -1.16. The number of hydrogen-bond acceptors (Lipinski definition) is 8. The normalized spacial score (nSPS) is 20.0. The molecule has 43 heavy (non-hydrogen) atoms. The first-order valence-corrected chi connectivity index (χ1v) is 15.3. The molecule has 240 valence electrons. The number of aliphatic hydroxyl groups is 1. The van der Waals surface area contributed by atoms with E-state index >= 15 is 0 Å². The summed E-state index contributed by atoms with van der Waals surface area (Å²) >= 11 is 18.3. The minimum atomic E-state index is -1.93. The quantitative estimate of drug-likeness (QED) is 0.205. The van der Waals surface area contributed by atoms with Crippen molar-refractivity contribution in [3.63, 3.8) is 0 Å². The maximum absolute atomic E-state index is 13.7. The number of fused-ring (bicyclic) bond motifs is 2. The molecule has 0 unspecified atom stereocenters. The van der Waals surface area contributed by atoms with Crippen molar-refractivity contribution in [1.29, 1.82) is 0 Å². The van der Waals surface area contributed by atoms with Gasteiger partial charge in [-0.15, -0.1) is 0 Å². The smallest absolute Gasteiger partial charge is 0.411 e. The molecule has 2 heterocycles. The molecule has 3 atom stereocenters. The van der Waals surface area contributed by atoms with Gasteiger partial charge in [-0.1, -0.05) is 53.9 Å². The molecule has 0 saturated carbocycles.